The van der Waals surface area contributed by atoms with E-state index >= 15 is 0 Å². The summed E-state index contributed by atoms with van der Waals surface area (Å²) in [6.45, 7) is 2.86. The average molecular weight is 378 g/mol. The predicted octanol–water partition coefficient (Wildman–Crippen LogP) is 3.58. The van der Waals surface area contributed by atoms with Crippen LogP contribution in [-0.2, 0) is 19.4 Å². The molecular weight excluding hydrogens is 360 g/mol. The highest BCUT2D eigenvalue weighted by atomic mass is 17.2. The van der Waals surface area contributed by atoms with Crippen LogP contribution in [0.2, 0.25) is 0 Å². The predicted molar refractivity (Wildman–Crippen MR) is 99.4 cm³/mol. The molecule has 2 aromatic carbocycles. The Labute approximate surface area is 161 Å². The molecule has 4 rings (SSSR count). The molecule has 0 saturated carbocycles. The van der Waals surface area contributed by atoms with Crippen LogP contribution >= 0.6 is 0 Å². The number of hydrogen-bond acceptors (Lipinski definition) is 6. The summed E-state index contributed by atoms with van der Waals surface area (Å²) >= 11 is 0. The Hall–Kier alpha value is -3.28. The van der Waals surface area contributed by atoms with Crippen molar-refractivity contribution in [2.24, 2.45) is 11.8 Å². The quantitative estimate of drug-likeness (QED) is 0.557. The molecule has 0 saturated heterocycles. The van der Waals surface area contributed by atoms with E-state index in [1.165, 1.54) is 0 Å². The van der Waals surface area contributed by atoms with Crippen LogP contribution in [0.3, 0.4) is 0 Å². The molecule has 2 aliphatic rings. The number of fused-ring (bicyclic) bond motifs is 2. The Balaban J connectivity index is 1.73. The number of carbonyl (C=O) groups is 4. The first kappa shape index (κ1) is 18.1. The van der Waals surface area contributed by atoms with E-state index in [1.54, 1.807) is 19.1 Å². The highest BCUT2D eigenvalue weighted by Crippen LogP contribution is 2.42. The SMILES string of the molecule is CC(=O)OOC(=O)C1CCC2=C(C(=O)c3cc4ccccc4cc3C2=O)C1C. The van der Waals surface area contributed by atoms with Crippen molar-refractivity contribution in [3.8, 4) is 0 Å². The molecule has 0 heterocycles. The summed E-state index contributed by atoms with van der Waals surface area (Å²) in [5.74, 6) is -3.00. The van der Waals surface area contributed by atoms with E-state index in [9.17, 15) is 19.2 Å². The zero-order valence-electron chi connectivity index (χ0n) is 15.5. The minimum Gasteiger partial charge on any atom is -0.289 e. The normalized spacial score (nSPS) is 21.2. The van der Waals surface area contributed by atoms with Crippen LogP contribution in [0.5, 0.6) is 0 Å². The lowest BCUT2D eigenvalue weighted by molar-refractivity contribution is -0.261. The summed E-state index contributed by atoms with van der Waals surface area (Å²) < 4.78 is 0. The van der Waals surface area contributed by atoms with Gasteiger partial charge in [-0.2, -0.15) is 0 Å². The molecule has 28 heavy (non-hydrogen) atoms. The number of carbonyl (C=O) groups excluding carboxylic acids is 4. The van der Waals surface area contributed by atoms with Crippen LogP contribution in [0.25, 0.3) is 10.8 Å². The van der Waals surface area contributed by atoms with Gasteiger partial charge in [-0.1, -0.05) is 31.2 Å². The largest absolute Gasteiger partial charge is 0.359 e. The lowest BCUT2D eigenvalue weighted by atomic mass is 9.68. The standard InChI is InChI=1S/C22H18O6/c1-11-15(22(26)28-27-12(2)23)7-8-16-19(11)21(25)18-10-14-6-4-3-5-13(14)9-17(18)20(16)24/h3-6,9-11,15H,7-8H2,1-2H3. The summed E-state index contributed by atoms with van der Waals surface area (Å²) in [7, 11) is 0. The van der Waals surface area contributed by atoms with E-state index in [4.69, 9.17) is 0 Å². The van der Waals surface area contributed by atoms with Gasteiger partial charge in [-0.3, -0.25) is 9.59 Å². The Morgan fingerprint density at radius 2 is 1.57 bits per heavy atom. The summed E-state index contributed by atoms with van der Waals surface area (Å²) in [6.07, 6.45) is 0.651. The van der Waals surface area contributed by atoms with Crippen molar-refractivity contribution in [1.29, 1.82) is 0 Å². The number of rotatable bonds is 1. The van der Waals surface area contributed by atoms with Gasteiger partial charge in [0.1, 0.15) is 0 Å². The third-order valence-corrected chi connectivity index (χ3v) is 5.53. The molecule has 0 N–H and O–H groups in total. The number of Topliss-reactive ketones (excluding diaryl/α,β-unsaturated/α-hetero) is 2. The molecule has 6 heteroatoms. The first-order valence-corrected chi connectivity index (χ1v) is 9.12. The second kappa shape index (κ2) is 6.71. The van der Waals surface area contributed by atoms with E-state index < -0.39 is 23.8 Å². The first-order valence-electron chi connectivity index (χ1n) is 9.12. The van der Waals surface area contributed by atoms with E-state index in [0.29, 0.717) is 35.1 Å². The van der Waals surface area contributed by atoms with Crippen molar-refractivity contribution in [3.63, 3.8) is 0 Å². The molecule has 2 unspecified atom stereocenters. The van der Waals surface area contributed by atoms with Gasteiger partial charge in [-0.15, -0.1) is 0 Å². The molecule has 0 spiro atoms. The maximum absolute atomic E-state index is 13.2. The zero-order chi connectivity index (χ0) is 20.0. The maximum Gasteiger partial charge on any atom is 0.359 e. The third kappa shape index (κ3) is 2.81. The molecular formula is C22H18O6. The highest BCUT2D eigenvalue weighted by molar-refractivity contribution is 6.28. The fraction of sp³-hybridized carbons (Fsp3) is 0.273. The van der Waals surface area contributed by atoms with Crippen molar-refractivity contribution in [2.45, 2.75) is 26.7 Å². The van der Waals surface area contributed by atoms with Crippen LogP contribution in [0.15, 0.2) is 47.5 Å². The van der Waals surface area contributed by atoms with Gasteiger partial charge in [-0.05, 0) is 41.7 Å². The summed E-state index contributed by atoms with van der Waals surface area (Å²) in [4.78, 5) is 58.4. The Morgan fingerprint density at radius 3 is 2.18 bits per heavy atom. The van der Waals surface area contributed by atoms with Gasteiger partial charge in [0.15, 0.2) is 11.6 Å². The van der Waals surface area contributed by atoms with Crippen LogP contribution in [0.4, 0.5) is 0 Å². The second-order valence-corrected chi connectivity index (χ2v) is 7.21. The topological polar surface area (TPSA) is 86.7 Å². The van der Waals surface area contributed by atoms with Gasteiger partial charge in [0.2, 0.25) is 0 Å². The summed E-state index contributed by atoms with van der Waals surface area (Å²) in [6, 6.07) is 11.1. The van der Waals surface area contributed by atoms with Gasteiger partial charge in [0, 0.05) is 29.2 Å². The molecule has 6 nitrogen and oxygen atoms in total. The van der Waals surface area contributed by atoms with E-state index in [-0.39, 0.29) is 11.6 Å². The Bertz CT molecular complexity index is 1080. The molecule has 2 aliphatic carbocycles. The van der Waals surface area contributed by atoms with E-state index in [2.05, 4.69) is 9.78 Å². The molecule has 0 bridgehead atoms. The Morgan fingerprint density at radius 1 is 0.964 bits per heavy atom. The van der Waals surface area contributed by atoms with Gasteiger partial charge in [0.05, 0.1) is 5.92 Å². The number of hydrogen-bond donors (Lipinski definition) is 0. The van der Waals surface area contributed by atoms with Gasteiger partial charge in [0.25, 0.3) is 0 Å². The average Bonchev–Trinajstić information content (AvgIpc) is 2.69. The van der Waals surface area contributed by atoms with Crippen LogP contribution in [0.1, 0.15) is 47.4 Å². The van der Waals surface area contributed by atoms with Crippen LogP contribution in [-0.4, -0.2) is 23.5 Å². The lowest BCUT2D eigenvalue weighted by Gasteiger charge is -2.33. The molecule has 0 fully saturated rings. The monoisotopic (exact) mass is 378 g/mol. The minimum atomic E-state index is -0.735. The number of benzene rings is 2. The molecule has 2 aromatic rings. The molecule has 0 radical (unpaired) electrons. The van der Waals surface area contributed by atoms with Crippen molar-refractivity contribution in [1.82, 2.24) is 0 Å². The molecule has 0 amide bonds. The third-order valence-electron chi connectivity index (χ3n) is 5.53. The minimum absolute atomic E-state index is 0.158. The van der Waals surface area contributed by atoms with Crippen LogP contribution in [0, 0.1) is 11.8 Å². The van der Waals surface area contributed by atoms with Gasteiger partial charge in [-0.25, -0.2) is 19.4 Å². The van der Waals surface area contributed by atoms with Crippen LogP contribution < -0.4 is 0 Å². The number of ketones is 2. The first-order chi connectivity index (χ1) is 13.4. The molecule has 0 aliphatic heterocycles. The van der Waals surface area contributed by atoms with Crippen molar-refractivity contribution < 1.29 is 29.0 Å². The van der Waals surface area contributed by atoms with Gasteiger partial charge >= 0.3 is 11.9 Å². The summed E-state index contributed by atoms with van der Waals surface area (Å²) in [5, 5.41) is 1.78. The maximum atomic E-state index is 13.2. The van der Waals surface area contributed by atoms with Crippen molar-refractivity contribution in [3.05, 3.63) is 58.7 Å². The fourth-order valence-corrected chi connectivity index (χ4v) is 4.15. The van der Waals surface area contributed by atoms with E-state index in [1.807, 2.05) is 24.3 Å². The fourth-order valence-electron chi connectivity index (χ4n) is 4.15. The van der Waals surface area contributed by atoms with Gasteiger partial charge < -0.3 is 0 Å². The highest BCUT2D eigenvalue weighted by Gasteiger charge is 2.43. The second-order valence-electron chi connectivity index (χ2n) is 7.21. The molecule has 0 aromatic heterocycles. The smallest absolute Gasteiger partial charge is 0.289 e. The van der Waals surface area contributed by atoms with Crippen molar-refractivity contribution >= 4 is 34.3 Å². The van der Waals surface area contributed by atoms with Crippen molar-refractivity contribution in [2.75, 3.05) is 0 Å². The molecule has 2 atom stereocenters. The lowest BCUT2D eigenvalue weighted by Crippen LogP contribution is -2.36. The zero-order valence-corrected chi connectivity index (χ0v) is 15.5. The van der Waals surface area contributed by atoms with E-state index in [0.717, 1.165) is 17.7 Å². The Kier molecular flexibility index (Phi) is 4.34. The molecule has 142 valence electrons. The number of allylic oxidation sites excluding steroid dienone is 2. The summed E-state index contributed by atoms with van der Waals surface area (Å²) in [5.41, 5.74) is 1.61.